The van der Waals surface area contributed by atoms with Crippen molar-refractivity contribution in [2.45, 2.75) is 24.3 Å². The Bertz CT molecular complexity index is 754. The molecule has 2 aromatic heterocycles. The average molecular weight is 333 g/mol. The Morgan fingerprint density at radius 1 is 1.60 bits per heavy atom. The number of hydrogen-bond donors (Lipinski definition) is 0. The van der Waals surface area contributed by atoms with Gasteiger partial charge >= 0.3 is 5.97 Å². The van der Waals surface area contributed by atoms with Gasteiger partial charge in [0.15, 0.2) is 4.96 Å². The minimum absolute atomic E-state index is 0.0675. The molecule has 0 aromatic carbocycles. The second kappa shape index (κ2) is 4.44. The number of fused-ring (bicyclic) bond motifs is 1. The zero-order valence-corrected chi connectivity index (χ0v) is 12.8. The third-order valence-electron chi connectivity index (χ3n) is 3.42. The van der Waals surface area contributed by atoms with Gasteiger partial charge in [0.25, 0.3) is 5.56 Å². The van der Waals surface area contributed by atoms with Crippen LogP contribution >= 0.6 is 34.5 Å². The van der Waals surface area contributed by atoms with E-state index in [1.54, 1.807) is 18.5 Å². The third kappa shape index (κ3) is 2.12. The molecule has 1 atom stereocenters. The van der Waals surface area contributed by atoms with Gasteiger partial charge in [0.05, 0.1) is 5.69 Å². The fraction of sp³-hybridized carbons (Fsp3) is 0.417. The average Bonchev–Trinajstić information content (AvgIpc) is 2.77. The van der Waals surface area contributed by atoms with Crippen LogP contribution < -0.4 is 5.56 Å². The van der Waals surface area contributed by atoms with E-state index in [1.165, 1.54) is 21.8 Å². The molecule has 5 nitrogen and oxygen atoms in total. The van der Waals surface area contributed by atoms with Crippen molar-refractivity contribution < 1.29 is 9.53 Å². The van der Waals surface area contributed by atoms with Crippen molar-refractivity contribution in [1.29, 1.82) is 0 Å². The maximum absolute atomic E-state index is 11.9. The van der Waals surface area contributed by atoms with Crippen LogP contribution in [0.25, 0.3) is 4.96 Å². The van der Waals surface area contributed by atoms with Gasteiger partial charge < -0.3 is 4.74 Å². The maximum atomic E-state index is 11.9. The first-order valence-electron chi connectivity index (χ1n) is 5.84. The topological polar surface area (TPSA) is 60.7 Å². The quantitative estimate of drug-likeness (QED) is 0.639. The normalized spacial score (nSPS) is 23.8. The minimum atomic E-state index is -1.06. The molecule has 20 heavy (non-hydrogen) atoms. The molecule has 0 N–H and O–H groups in total. The molecule has 0 bridgehead atoms. The number of carbonyl (C=O) groups is 1. The Hall–Kier alpha value is -1.11. The predicted molar refractivity (Wildman–Crippen MR) is 76.3 cm³/mol. The van der Waals surface area contributed by atoms with Crippen LogP contribution in [-0.4, -0.2) is 19.7 Å². The van der Waals surface area contributed by atoms with Gasteiger partial charge in [0, 0.05) is 24.1 Å². The van der Waals surface area contributed by atoms with Gasteiger partial charge in [-0.3, -0.25) is 14.0 Å². The van der Waals surface area contributed by atoms with E-state index in [0.29, 0.717) is 17.1 Å². The van der Waals surface area contributed by atoms with Gasteiger partial charge in [-0.25, -0.2) is 4.98 Å². The molecule has 1 fully saturated rings. The summed E-state index contributed by atoms with van der Waals surface area (Å²) in [7, 11) is 0. The maximum Gasteiger partial charge on any atom is 0.315 e. The lowest BCUT2D eigenvalue weighted by molar-refractivity contribution is -0.151. The van der Waals surface area contributed by atoms with E-state index in [9.17, 15) is 9.59 Å². The summed E-state index contributed by atoms with van der Waals surface area (Å²) in [6.07, 6.45) is 2.01. The van der Waals surface area contributed by atoms with Crippen LogP contribution in [0.1, 0.15) is 19.0 Å². The van der Waals surface area contributed by atoms with Crippen molar-refractivity contribution in [2.24, 2.45) is 5.41 Å². The second-order valence-corrected chi connectivity index (χ2v) is 7.29. The lowest BCUT2D eigenvalue weighted by atomic mass is 10.1. The van der Waals surface area contributed by atoms with E-state index >= 15 is 0 Å². The van der Waals surface area contributed by atoms with Crippen molar-refractivity contribution in [2.75, 3.05) is 0 Å². The van der Waals surface area contributed by atoms with Crippen molar-refractivity contribution in [3.8, 4) is 0 Å². The van der Waals surface area contributed by atoms with Gasteiger partial charge in [0.2, 0.25) is 0 Å². The van der Waals surface area contributed by atoms with Crippen molar-refractivity contribution in [1.82, 2.24) is 9.38 Å². The first-order chi connectivity index (χ1) is 9.33. The third-order valence-corrected chi connectivity index (χ3v) is 5.27. The van der Waals surface area contributed by atoms with Gasteiger partial charge in [-0.2, -0.15) is 0 Å². The minimum Gasteiger partial charge on any atom is -0.459 e. The zero-order valence-electron chi connectivity index (χ0n) is 10.4. The molecule has 2 heterocycles. The summed E-state index contributed by atoms with van der Waals surface area (Å²) in [5.74, 6) is -0.476. The molecular weight excluding hydrogens is 323 g/mol. The van der Waals surface area contributed by atoms with Crippen molar-refractivity contribution >= 4 is 45.5 Å². The number of carbonyl (C=O) groups excluding carboxylic acids is 1. The van der Waals surface area contributed by atoms with Crippen LogP contribution in [-0.2, 0) is 16.1 Å². The summed E-state index contributed by atoms with van der Waals surface area (Å²) in [5.41, 5.74) is -0.674. The zero-order chi connectivity index (χ0) is 14.5. The van der Waals surface area contributed by atoms with Crippen LogP contribution in [0, 0.1) is 5.41 Å². The monoisotopic (exact) mass is 332 g/mol. The summed E-state index contributed by atoms with van der Waals surface area (Å²) in [5, 5.41) is 1.76. The van der Waals surface area contributed by atoms with E-state index < -0.39 is 15.7 Å². The van der Waals surface area contributed by atoms with E-state index in [2.05, 4.69) is 4.98 Å². The fourth-order valence-electron chi connectivity index (χ4n) is 1.88. The molecule has 106 valence electrons. The predicted octanol–water partition coefficient (Wildman–Crippen LogP) is 2.38. The van der Waals surface area contributed by atoms with Crippen LogP contribution in [0.3, 0.4) is 0 Å². The van der Waals surface area contributed by atoms with Gasteiger partial charge in [0.1, 0.15) is 16.4 Å². The van der Waals surface area contributed by atoms with Gasteiger partial charge in [-0.05, 0) is 6.92 Å². The number of nitrogens with zero attached hydrogens (tertiary/aromatic N) is 2. The number of ether oxygens (including phenoxy) is 1. The highest BCUT2D eigenvalue weighted by atomic mass is 35.5. The number of rotatable bonds is 3. The molecule has 0 amide bonds. The first-order valence-corrected chi connectivity index (χ1v) is 7.48. The Morgan fingerprint density at radius 3 is 2.95 bits per heavy atom. The van der Waals surface area contributed by atoms with E-state index in [0.717, 1.165) is 0 Å². The van der Waals surface area contributed by atoms with E-state index in [-0.39, 0.29) is 12.2 Å². The number of thiazole rings is 1. The summed E-state index contributed by atoms with van der Waals surface area (Å²) in [6, 6.07) is 1.34. The summed E-state index contributed by atoms with van der Waals surface area (Å²) in [6.45, 7) is 1.59. The highest BCUT2D eigenvalue weighted by molar-refractivity contribution is 7.15. The molecular formula is C12H10Cl2N2O3S. The van der Waals surface area contributed by atoms with Crippen LogP contribution in [0.2, 0.25) is 0 Å². The van der Waals surface area contributed by atoms with Crippen molar-refractivity contribution in [3.05, 3.63) is 33.7 Å². The second-order valence-electron chi connectivity index (χ2n) is 4.93. The molecule has 8 heteroatoms. The van der Waals surface area contributed by atoms with E-state index in [1.807, 2.05) is 0 Å². The molecule has 0 radical (unpaired) electrons. The number of halogens is 2. The molecule has 0 spiro atoms. The van der Waals surface area contributed by atoms with Crippen molar-refractivity contribution in [3.63, 3.8) is 0 Å². The highest BCUT2D eigenvalue weighted by Gasteiger charge is 2.69. The summed E-state index contributed by atoms with van der Waals surface area (Å²) >= 11 is 13.2. The summed E-state index contributed by atoms with van der Waals surface area (Å²) in [4.78, 5) is 28.5. The Kier molecular flexibility index (Phi) is 3.08. The number of hydrogen-bond acceptors (Lipinski definition) is 5. The molecule has 1 aliphatic rings. The molecule has 3 rings (SSSR count). The number of aromatic nitrogens is 2. The molecule has 2 aromatic rings. The Labute approximate surface area is 128 Å². The lowest BCUT2D eigenvalue weighted by Crippen LogP contribution is -2.22. The summed E-state index contributed by atoms with van der Waals surface area (Å²) < 4.78 is 5.53. The highest BCUT2D eigenvalue weighted by Crippen LogP contribution is 2.64. The number of alkyl halides is 2. The first kappa shape index (κ1) is 13.9. The van der Waals surface area contributed by atoms with Gasteiger partial charge in [-0.1, -0.05) is 0 Å². The molecule has 1 aliphatic carbocycles. The molecule has 0 unspecified atom stereocenters. The largest absolute Gasteiger partial charge is 0.459 e. The number of esters is 1. The van der Waals surface area contributed by atoms with E-state index in [4.69, 9.17) is 27.9 Å². The fourth-order valence-corrected chi connectivity index (χ4v) is 3.31. The standard InChI is InChI=1S/C12H10Cl2N2O3S/c1-11(6-12(11,13)14)9(18)19-5-7-4-8(17)16-2-3-20-10(16)15-7/h2-4H,5-6H2,1H3/t11-/m0/s1. The Balaban J connectivity index is 1.75. The van der Waals surface area contributed by atoms with Crippen LogP contribution in [0.4, 0.5) is 0 Å². The van der Waals surface area contributed by atoms with Crippen LogP contribution in [0.15, 0.2) is 22.4 Å². The molecule has 0 aliphatic heterocycles. The Morgan fingerprint density at radius 2 is 2.30 bits per heavy atom. The SMILES string of the molecule is C[C@@]1(C(=O)OCc2cc(=O)n3ccsc3n2)CC1(Cl)Cl. The lowest BCUT2D eigenvalue weighted by Gasteiger charge is -2.11. The van der Waals surface area contributed by atoms with Crippen LogP contribution in [0.5, 0.6) is 0 Å². The smallest absolute Gasteiger partial charge is 0.315 e. The van der Waals surface area contributed by atoms with Gasteiger partial charge in [-0.15, -0.1) is 34.5 Å². The molecule has 1 saturated carbocycles. The molecule has 0 saturated heterocycles.